The van der Waals surface area contributed by atoms with Gasteiger partial charge in [0, 0.05) is 0 Å². The minimum absolute atomic E-state index is 0.154. The third-order valence-corrected chi connectivity index (χ3v) is 4.50. The SMILES string of the molecule is COc1ccccc1NC(=O)C(C)N1C(=O)C(C)(C)Nc2ccccc21. The zero-order valence-corrected chi connectivity index (χ0v) is 15.4. The lowest BCUT2D eigenvalue weighted by molar-refractivity contribution is -0.125. The van der Waals surface area contributed by atoms with Gasteiger partial charge in [0.25, 0.3) is 5.91 Å². The van der Waals surface area contributed by atoms with E-state index >= 15 is 0 Å². The first-order valence-corrected chi connectivity index (χ1v) is 8.50. The number of fused-ring (bicyclic) bond motifs is 1. The molecule has 2 amide bonds. The maximum absolute atomic E-state index is 13.0. The summed E-state index contributed by atoms with van der Waals surface area (Å²) in [5, 5.41) is 6.09. The molecule has 1 aliphatic rings. The summed E-state index contributed by atoms with van der Waals surface area (Å²) in [6.07, 6.45) is 0. The van der Waals surface area contributed by atoms with Crippen LogP contribution in [0.2, 0.25) is 0 Å². The molecule has 6 heteroatoms. The Bertz CT molecular complexity index is 848. The van der Waals surface area contributed by atoms with Crippen LogP contribution in [0.15, 0.2) is 48.5 Å². The molecular weight excluding hydrogens is 330 g/mol. The number of nitrogens with zero attached hydrogens (tertiary/aromatic N) is 1. The minimum atomic E-state index is -0.798. The van der Waals surface area contributed by atoms with Gasteiger partial charge in [-0.25, -0.2) is 0 Å². The molecule has 0 fully saturated rings. The number of anilines is 3. The molecule has 0 spiro atoms. The van der Waals surface area contributed by atoms with Crippen LogP contribution in [0.1, 0.15) is 20.8 Å². The summed E-state index contributed by atoms with van der Waals surface area (Å²) in [5.74, 6) is 0.134. The fraction of sp³-hybridized carbons (Fsp3) is 0.300. The van der Waals surface area contributed by atoms with Crippen molar-refractivity contribution in [1.82, 2.24) is 0 Å². The number of carbonyl (C=O) groups is 2. The minimum Gasteiger partial charge on any atom is -0.495 e. The maximum Gasteiger partial charge on any atom is 0.252 e. The lowest BCUT2D eigenvalue weighted by Gasteiger charge is -2.42. The molecule has 26 heavy (non-hydrogen) atoms. The van der Waals surface area contributed by atoms with Crippen LogP contribution in [0.25, 0.3) is 0 Å². The highest BCUT2D eigenvalue weighted by molar-refractivity contribution is 6.12. The molecule has 2 aromatic rings. The van der Waals surface area contributed by atoms with Gasteiger partial charge < -0.3 is 15.4 Å². The van der Waals surface area contributed by atoms with Crippen LogP contribution < -0.4 is 20.3 Å². The molecule has 6 nitrogen and oxygen atoms in total. The van der Waals surface area contributed by atoms with Crippen molar-refractivity contribution in [3.63, 3.8) is 0 Å². The Morgan fingerprint density at radius 3 is 2.54 bits per heavy atom. The van der Waals surface area contributed by atoms with Crippen LogP contribution >= 0.6 is 0 Å². The van der Waals surface area contributed by atoms with Crippen LogP contribution in [0, 0.1) is 0 Å². The number of amides is 2. The van der Waals surface area contributed by atoms with Gasteiger partial charge in [-0.15, -0.1) is 0 Å². The predicted octanol–water partition coefficient (Wildman–Crippen LogP) is 3.26. The Hall–Kier alpha value is -3.02. The first-order valence-electron chi connectivity index (χ1n) is 8.50. The summed E-state index contributed by atoms with van der Waals surface area (Å²) in [6.45, 7) is 5.34. The topological polar surface area (TPSA) is 70.7 Å². The normalized spacial score (nSPS) is 16.3. The van der Waals surface area contributed by atoms with Crippen molar-refractivity contribution in [2.45, 2.75) is 32.4 Å². The number of hydrogen-bond donors (Lipinski definition) is 2. The molecule has 0 aromatic heterocycles. The Balaban J connectivity index is 1.92. The van der Waals surface area contributed by atoms with E-state index in [0.717, 1.165) is 5.69 Å². The van der Waals surface area contributed by atoms with Crippen LogP contribution in [0.5, 0.6) is 5.75 Å². The molecule has 0 aliphatic carbocycles. The number of benzene rings is 2. The number of rotatable bonds is 4. The van der Waals surface area contributed by atoms with Gasteiger partial charge in [-0.3, -0.25) is 14.5 Å². The molecule has 1 atom stereocenters. The lowest BCUT2D eigenvalue weighted by atomic mass is 9.96. The first kappa shape index (κ1) is 17.8. The molecular formula is C20H23N3O3. The fourth-order valence-electron chi connectivity index (χ4n) is 3.08. The van der Waals surface area contributed by atoms with E-state index in [1.54, 1.807) is 31.1 Å². The number of para-hydroxylation sites is 4. The monoisotopic (exact) mass is 353 g/mol. The summed E-state index contributed by atoms with van der Waals surface area (Å²) in [6, 6.07) is 14.0. The summed E-state index contributed by atoms with van der Waals surface area (Å²) < 4.78 is 5.28. The summed E-state index contributed by atoms with van der Waals surface area (Å²) in [7, 11) is 1.55. The van der Waals surface area contributed by atoms with Crippen molar-refractivity contribution in [1.29, 1.82) is 0 Å². The molecule has 1 aliphatic heterocycles. The van der Waals surface area contributed by atoms with Gasteiger partial charge >= 0.3 is 0 Å². The number of methoxy groups -OCH3 is 1. The highest BCUT2D eigenvalue weighted by atomic mass is 16.5. The van der Waals surface area contributed by atoms with Crippen molar-refractivity contribution >= 4 is 28.9 Å². The van der Waals surface area contributed by atoms with Crippen molar-refractivity contribution < 1.29 is 14.3 Å². The standard InChI is InChI=1S/C20H23N3O3/c1-13(18(24)21-15-10-6-8-12-17(15)26-4)23-16-11-7-5-9-14(16)22-20(2,3)19(23)25/h5-13,22H,1-4H3,(H,21,24). The predicted molar refractivity (Wildman–Crippen MR) is 103 cm³/mol. The van der Waals surface area contributed by atoms with Crippen molar-refractivity contribution in [2.24, 2.45) is 0 Å². The largest absolute Gasteiger partial charge is 0.495 e. The first-order chi connectivity index (χ1) is 12.3. The average Bonchev–Trinajstić information content (AvgIpc) is 2.62. The second-order valence-corrected chi connectivity index (χ2v) is 6.81. The highest BCUT2D eigenvalue weighted by Gasteiger charge is 2.42. The summed E-state index contributed by atoms with van der Waals surface area (Å²) in [4.78, 5) is 27.4. The second kappa shape index (κ2) is 6.71. The third-order valence-electron chi connectivity index (χ3n) is 4.50. The van der Waals surface area contributed by atoms with Crippen LogP contribution in [-0.4, -0.2) is 30.5 Å². The van der Waals surface area contributed by atoms with E-state index in [1.165, 1.54) is 0 Å². The number of hydrogen-bond acceptors (Lipinski definition) is 4. The van der Waals surface area contributed by atoms with Crippen LogP contribution in [0.4, 0.5) is 17.1 Å². The molecule has 0 saturated heterocycles. The van der Waals surface area contributed by atoms with E-state index in [9.17, 15) is 9.59 Å². The Labute approximate surface area is 153 Å². The zero-order chi connectivity index (χ0) is 18.9. The number of carbonyl (C=O) groups excluding carboxylic acids is 2. The van der Waals surface area contributed by atoms with Gasteiger partial charge in [-0.05, 0) is 45.0 Å². The molecule has 2 N–H and O–H groups in total. The van der Waals surface area contributed by atoms with Crippen molar-refractivity contribution in [3.8, 4) is 5.75 Å². The van der Waals surface area contributed by atoms with E-state index in [0.29, 0.717) is 17.1 Å². The van der Waals surface area contributed by atoms with Gasteiger partial charge in [0.2, 0.25) is 5.91 Å². The van der Waals surface area contributed by atoms with Gasteiger partial charge in [-0.1, -0.05) is 24.3 Å². The fourth-order valence-corrected chi connectivity index (χ4v) is 3.08. The lowest BCUT2D eigenvalue weighted by Crippen LogP contribution is -2.58. The second-order valence-electron chi connectivity index (χ2n) is 6.81. The van der Waals surface area contributed by atoms with Crippen LogP contribution in [0.3, 0.4) is 0 Å². The van der Waals surface area contributed by atoms with Gasteiger partial charge in [0.15, 0.2) is 0 Å². The maximum atomic E-state index is 13.0. The van der Waals surface area contributed by atoms with E-state index in [2.05, 4.69) is 10.6 Å². The molecule has 136 valence electrons. The van der Waals surface area contributed by atoms with E-state index in [4.69, 9.17) is 4.74 Å². The number of ether oxygens (including phenoxy) is 1. The third kappa shape index (κ3) is 3.10. The van der Waals surface area contributed by atoms with Crippen LogP contribution in [-0.2, 0) is 9.59 Å². The van der Waals surface area contributed by atoms with Gasteiger partial charge in [0.1, 0.15) is 17.3 Å². The van der Waals surface area contributed by atoms with E-state index < -0.39 is 11.6 Å². The molecule has 3 rings (SSSR count). The highest BCUT2D eigenvalue weighted by Crippen LogP contribution is 2.36. The molecule has 0 saturated carbocycles. The van der Waals surface area contributed by atoms with Crippen molar-refractivity contribution in [3.05, 3.63) is 48.5 Å². The smallest absolute Gasteiger partial charge is 0.252 e. The van der Waals surface area contributed by atoms with Gasteiger partial charge in [0.05, 0.1) is 24.2 Å². The zero-order valence-electron chi connectivity index (χ0n) is 15.4. The van der Waals surface area contributed by atoms with E-state index in [-0.39, 0.29) is 11.8 Å². The van der Waals surface area contributed by atoms with Crippen molar-refractivity contribution in [2.75, 3.05) is 22.6 Å². The Morgan fingerprint density at radius 1 is 1.15 bits per heavy atom. The quantitative estimate of drug-likeness (QED) is 0.885. The molecule has 0 bridgehead atoms. The molecule has 2 aromatic carbocycles. The van der Waals surface area contributed by atoms with Gasteiger partial charge in [-0.2, -0.15) is 0 Å². The number of nitrogens with one attached hydrogen (secondary N) is 2. The Kier molecular flexibility index (Phi) is 4.59. The molecule has 0 radical (unpaired) electrons. The van der Waals surface area contributed by atoms with E-state index in [1.807, 2.05) is 50.2 Å². The molecule has 1 unspecified atom stereocenters. The Morgan fingerprint density at radius 2 is 1.81 bits per heavy atom. The average molecular weight is 353 g/mol. The molecule has 1 heterocycles. The summed E-state index contributed by atoms with van der Waals surface area (Å²) in [5.41, 5.74) is 1.29. The summed E-state index contributed by atoms with van der Waals surface area (Å²) >= 11 is 0.